The summed E-state index contributed by atoms with van der Waals surface area (Å²) in [5.74, 6) is 0. The van der Waals surface area contributed by atoms with Gasteiger partial charge in [-0.05, 0) is 31.2 Å². The maximum atomic E-state index is 12.4. The summed E-state index contributed by atoms with van der Waals surface area (Å²) in [5.41, 5.74) is 1.07. The van der Waals surface area contributed by atoms with E-state index < -0.39 is 14.9 Å². The van der Waals surface area contributed by atoms with Crippen LogP contribution < -0.4 is 9.62 Å². The third-order valence-corrected chi connectivity index (χ3v) is 6.43. The van der Waals surface area contributed by atoms with Crippen LogP contribution in [0.4, 0.5) is 11.4 Å². The van der Waals surface area contributed by atoms with E-state index in [0.717, 1.165) is 26.2 Å². The summed E-state index contributed by atoms with van der Waals surface area (Å²) in [6.07, 6.45) is 0. The van der Waals surface area contributed by atoms with Crippen LogP contribution in [0, 0.1) is 10.1 Å². The standard InChI is InChI=1S/C19H24N4O4S/c1-16(21-11-13-22(14-12-21)17-5-3-2-4-6-17)15-20-28(26,27)19-9-7-18(8-10-19)23(24)25/h2-10,16,20H,11-15H2,1H3/t16-/m1/s1. The lowest BCUT2D eigenvalue weighted by molar-refractivity contribution is -0.384. The van der Waals surface area contributed by atoms with Crippen LogP contribution in [-0.4, -0.2) is 57.0 Å². The van der Waals surface area contributed by atoms with Crippen molar-refractivity contribution in [2.75, 3.05) is 37.6 Å². The van der Waals surface area contributed by atoms with E-state index in [9.17, 15) is 18.5 Å². The zero-order valence-corrected chi connectivity index (χ0v) is 16.5. The van der Waals surface area contributed by atoms with Gasteiger partial charge >= 0.3 is 0 Å². The van der Waals surface area contributed by atoms with Gasteiger partial charge in [-0.15, -0.1) is 0 Å². The highest BCUT2D eigenvalue weighted by molar-refractivity contribution is 7.89. The van der Waals surface area contributed by atoms with Crippen LogP contribution >= 0.6 is 0 Å². The van der Waals surface area contributed by atoms with Crippen LogP contribution in [0.25, 0.3) is 0 Å². The highest BCUT2D eigenvalue weighted by Crippen LogP contribution is 2.18. The molecule has 28 heavy (non-hydrogen) atoms. The van der Waals surface area contributed by atoms with Crippen molar-refractivity contribution in [3.05, 3.63) is 64.7 Å². The van der Waals surface area contributed by atoms with E-state index in [-0.39, 0.29) is 23.2 Å². The number of benzene rings is 2. The molecule has 1 aliphatic heterocycles. The molecule has 2 aromatic carbocycles. The fraction of sp³-hybridized carbons (Fsp3) is 0.368. The van der Waals surface area contributed by atoms with Gasteiger partial charge in [0.25, 0.3) is 5.69 Å². The quantitative estimate of drug-likeness (QED) is 0.561. The van der Waals surface area contributed by atoms with Gasteiger partial charge in [-0.3, -0.25) is 15.0 Å². The summed E-state index contributed by atoms with van der Waals surface area (Å²) in [6.45, 7) is 5.78. The largest absolute Gasteiger partial charge is 0.369 e. The van der Waals surface area contributed by atoms with Crippen LogP contribution in [-0.2, 0) is 10.0 Å². The summed E-state index contributed by atoms with van der Waals surface area (Å²) in [5, 5.41) is 10.7. The first kappa shape index (κ1) is 20.2. The van der Waals surface area contributed by atoms with Crippen molar-refractivity contribution in [3.8, 4) is 0 Å². The van der Waals surface area contributed by atoms with Crippen molar-refractivity contribution in [1.29, 1.82) is 0 Å². The molecule has 1 fully saturated rings. The molecule has 3 rings (SSSR count). The fourth-order valence-corrected chi connectivity index (χ4v) is 4.37. The van der Waals surface area contributed by atoms with Gasteiger partial charge in [0, 0.05) is 56.6 Å². The fourth-order valence-electron chi connectivity index (χ4n) is 3.25. The van der Waals surface area contributed by atoms with Crippen molar-refractivity contribution >= 4 is 21.4 Å². The molecule has 0 unspecified atom stereocenters. The summed E-state index contributed by atoms with van der Waals surface area (Å²) >= 11 is 0. The number of rotatable bonds is 7. The molecular weight excluding hydrogens is 380 g/mol. The first-order chi connectivity index (χ1) is 13.4. The molecule has 150 valence electrons. The molecule has 0 saturated carbocycles. The van der Waals surface area contributed by atoms with E-state index in [1.807, 2.05) is 25.1 Å². The minimum atomic E-state index is -3.70. The minimum absolute atomic E-state index is 0.0270. The summed E-state index contributed by atoms with van der Waals surface area (Å²) in [7, 11) is -3.70. The van der Waals surface area contributed by atoms with Crippen molar-refractivity contribution < 1.29 is 13.3 Å². The van der Waals surface area contributed by atoms with E-state index in [4.69, 9.17) is 0 Å². The molecular formula is C19H24N4O4S. The number of nitro groups is 1. The average molecular weight is 404 g/mol. The van der Waals surface area contributed by atoms with Crippen LogP contribution in [0.1, 0.15) is 6.92 Å². The summed E-state index contributed by atoms with van der Waals surface area (Å²) < 4.78 is 27.5. The minimum Gasteiger partial charge on any atom is -0.369 e. The van der Waals surface area contributed by atoms with Gasteiger partial charge < -0.3 is 4.90 Å². The van der Waals surface area contributed by atoms with Gasteiger partial charge in [-0.25, -0.2) is 13.1 Å². The van der Waals surface area contributed by atoms with Gasteiger partial charge in [-0.2, -0.15) is 0 Å². The van der Waals surface area contributed by atoms with Gasteiger partial charge in [0.05, 0.1) is 9.82 Å². The maximum absolute atomic E-state index is 12.4. The van der Waals surface area contributed by atoms with E-state index in [1.165, 1.54) is 30.0 Å². The molecule has 9 heteroatoms. The molecule has 1 saturated heterocycles. The number of non-ortho nitro benzene ring substituents is 1. The number of hydrogen-bond donors (Lipinski definition) is 1. The monoisotopic (exact) mass is 404 g/mol. The van der Waals surface area contributed by atoms with Crippen molar-refractivity contribution in [3.63, 3.8) is 0 Å². The Labute approximate surface area is 165 Å². The topological polar surface area (TPSA) is 95.8 Å². The van der Waals surface area contributed by atoms with Crippen molar-refractivity contribution in [2.24, 2.45) is 0 Å². The molecule has 1 aliphatic rings. The highest BCUT2D eigenvalue weighted by Gasteiger charge is 2.23. The second-order valence-corrected chi connectivity index (χ2v) is 8.58. The first-order valence-electron chi connectivity index (χ1n) is 9.15. The smallest absolute Gasteiger partial charge is 0.269 e. The third-order valence-electron chi connectivity index (χ3n) is 4.99. The number of nitrogens with one attached hydrogen (secondary N) is 1. The lowest BCUT2D eigenvalue weighted by Gasteiger charge is -2.39. The molecule has 0 radical (unpaired) electrons. The Bertz CT molecular complexity index is 895. The molecule has 0 aliphatic carbocycles. The number of nitro benzene ring substituents is 1. The number of hydrogen-bond acceptors (Lipinski definition) is 6. The van der Waals surface area contributed by atoms with E-state index >= 15 is 0 Å². The number of sulfonamides is 1. The Kier molecular flexibility index (Phi) is 6.28. The van der Waals surface area contributed by atoms with Gasteiger partial charge in [0.2, 0.25) is 10.0 Å². The van der Waals surface area contributed by atoms with Crippen LogP contribution in [0.5, 0.6) is 0 Å². The predicted octanol–water partition coefficient (Wildman–Crippen LogP) is 2.08. The zero-order valence-electron chi connectivity index (χ0n) is 15.7. The SMILES string of the molecule is C[C@H](CNS(=O)(=O)c1ccc([N+](=O)[O-])cc1)N1CCN(c2ccccc2)CC1. The number of anilines is 1. The molecule has 0 spiro atoms. The summed E-state index contributed by atoms with van der Waals surface area (Å²) in [6, 6.07) is 15.2. The molecule has 8 nitrogen and oxygen atoms in total. The summed E-state index contributed by atoms with van der Waals surface area (Å²) in [4.78, 5) is 14.8. The van der Waals surface area contributed by atoms with Crippen LogP contribution in [0.3, 0.4) is 0 Å². The van der Waals surface area contributed by atoms with Crippen LogP contribution in [0.15, 0.2) is 59.5 Å². The first-order valence-corrected chi connectivity index (χ1v) is 10.6. The van der Waals surface area contributed by atoms with E-state index in [0.29, 0.717) is 0 Å². The Balaban J connectivity index is 1.52. The molecule has 0 amide bonds. The lowest BCUT2D eigenvalue weighted by Crippen LogP contribution is -2.52. The average Bonchev–Trinajstić information content (AvgIpc) is 2.73. The normalized spacial score (nSPS) is 16.7. The second kappa shape index (κ2) is 8.68. The Hall–Kier alpha value is -2.49. The third kappa shape index (κ3) is 4.86. The highest BCUT2D eigenvalue weighted by atomic mass is 32.2. The molecule has 1 heterocycles. The Morgan fingerprint density at radius 2 is 1.64 bits per heavy atom. The molecule has 0 bridgehead atoms. The molecule has 1 N–H and O–H groups in total. The van der Waals surface area contributed by atoms with Crippen molar-refractivity contribution in [2.45, 2.75) is 17.9 Å². The van der Waals surface area contributed by atoms with Gasteiger partial charge in [0.1, 0.15) is 0 Å². The Morgan fingerprint density at radius 1 is 1.04 bits per heavy atom. The second-order valence-electron chi connectivity index (χ2n) is 6.81. The maximum Gasteiger partial charge on any atom is 0.269 e. The lowest BCUT2D eigenvalue weighted by atomic mass is 10.2. The number of piperazine rings is 1. The van der Waals surface area contributed by atoms with Crippen molar-refractivity contribution in [1.82, 2.24) is 9.62 Å². The molecule has 1 atom stereocenters. The Morgan fingerprint density at radius 3 is 2.21 bits per heavy atom. The number of nitrogens with zero attached hydrogens (tertiary/aromatic N) is 3. The van der Waals surface area contributed by atoms with Gasteiger partial charge in [0.15, 0.2) is 0 Å². The van der Waals surface area contributed by atoms with Gasteiger partial charge in [-0.1, -0.05) is 18.2 Å². The van der Waals surface area contributed by atoms with E-state index in [1.54, 1.807) is 0 Å². The van der Waals surface area contributed by atoms with E-state index in [2.05, 4.69) is 26.7 Å². The zero-order chi connectivity index (χ0) is 20.1. The molecule has 2 aromatic rings. The van der Waals surface area contributed by atoms with Crippen LogP contribution in [0.2, 0.25) is 0 Å². The molecule has 0 aromatic heterocycles. The predicted molar refractivity (Wildman–Crippen MR) is 108 cm³/mol. The number of para-hydroxylation sites is 1.